The van der Waals surface area contributed by atoms with Crippen LogP contribution in [-0.4, -0.2) is 42.2 Å². The lowest BCUT2D eigenvalue weighted by Crippen LogP contribution is -2.37. The molecular weight excluding hydrogens is 318 g/mol. The van der Waals surface area contributed by atoms with Gasteiger partial charge in [-0.15, -0.1) is 0 Å². The van der Waals surface area contributed by atoms with E-state index < -0.39 is 0 Å². The van der Waals surface area contributed by atoms with Gasteiger partial charge in [0.1, 0.15) is 12.0 Å². The van der Waals surface area contributed by atoms with Crippen LogP contribution in [-0.2, 0) is 9.53 Å². The van der Waals surface area contributed by atoms with Crippen LogP contribution in [0.5, 0.6) is 0 Å². The minimum Gasteiger partial charge on any atom is -0.469 e. The first-order valence-corrected chi connectivity index (χ1v) is 9.39. The van der Waals surface area contributed by atoms with Crippen molar-refractivity contribution in [1.29, 1.82) is 0 Å². The van der Waals surface area contributed by atoms with Crippen LogP contribution in [0.3, 0.4) is 0 Å². The number of piperidine rings is 1. The van der Waals surface area contributed by atoms with Gasteiger partial charge in [0, 0.05) is 19.1 Å². The zero-order chi connectivity index (χ0) is 17.6. The standard InChI is InChI=1S/C18H29N5O2/c1-25-18(24)13-8-10-23(11-9-13)17-15(19)16(20-12-21-17)22-14-6-4-2-3-5-7-14/h12-14H,2-11,19H2,1H3,(H,20,21,22). The van der Waals surface area contributed by atoms with Crippen molar-refractivity contribution in [3.05, 3.63) is 6.33 Å². The summed E-state index contributed by atoms with van der Waals surface area (Å²) >= 11 is 0. The zero-order valence-electron chi connectivity index (χ0n) is 15.0. The third-order valence-electron chi connectivity index (χ3n) is 5.39. The Balaban J connectivity index is 1.66. The van der Waals surface area contributed by atoms with E-state index in [1.807, 2.05) is 0 Å². The second kappa shape index (κ2) is 8.36. The molecule has 1 aromatic heterocycles. The van der Waals surface area contributed by atoms with Gasteiger partial charge in [0.2, 0.25) is 0 Å². The molecule has 7 nitrogen and oxygen atoms in total. The van der Waals surface area contributed by atoms with Crippen molar-refractivity contribution in [1.82, 2.24) is 9.97 Å². The van der Waals surface area contributed by atoms with Gasteiger partial charge >= 0.3 is 5.97 Å². The van der Waals surface area contributed by atoms with Crippen molar-refractivity contribution in [2.75, 3.05) is 36.1 Å². The molecule has 2 aliphatic rings. The third kappa shape index (κ3) is 4.32. The molecule has 3 rings (SSSR count). The Morgan fingerprint density at radius 2 is 1.84 bits per heavy atom. The average molecular weight is 347 g/mol. The van der Waals surface area contributed by atoms with Crippen LogP contribution >= 0.6 is 0 Å². The van der Waals surface area contributed by atoms with Crippen LogP contribution in [0.15, 0.2) is 6.33 Å². The summed E-state index contributed by atoms with van der Waals surface area (Å²) in [6.07, 6.45) is 10.6. The van der Waals surface area contributed by atoms with E-state index in [4.69, 9.17) is 10.5 Å². The highest BCUT2D eigenvalue weighted by Crippen LogP contribution is 2.31. The van der Waals surface area contributed by atoms with Gasteiger partial charge in [0.15, 0.2) is 11.6 Å². The van der Waals surface area contributed by atoms with Crippen LogP contribution in [0.4, 0.5) is 17.3 Å². The predicted octanol–water partition coefficient (Wildman–Crippen LogP) is 2.58. The third-order valence-corrected chi connectivity index (χ3v) is 5.39. The van der Waals surface area contributed by atoms with E-state index in [-0.39, 0.29) is 11.9 Å². The van der Waals surface area contributed by atoms with Crippen molar-refractivity contribution in [2.24, 2.45) is 5.92 Å². The van der Waals surface area contributed by atoms with Gasteiger partial charge in [0.05, 0.1) is 13.0 Å². The number of hydrogen-bond acceptors (Lipinski definition) is 7. The summed E-state index contributed by atoms with van der Waals surface area (Å²) in [5, 5.41) is 3.53. The molecule has 1 saturated heterocycles. The van der Waals surface area contributed by atoms with Gasteiger partial charge in [-0.3, -0.25) is 4.79 Å². The highest BCUT2D eigenvalue weighted by Gasteiger charge is 2.27. The van der Waals surface area contributed by atoms with E-state index >= 15 is 0 Å². The van der Waals surface area contributed by atoms with E-state index in [9.17, 15) is 4.79 Å². The Kier molecular flexibility index (Phi) is 5.94. The number of esters is 1. The fraction of sp³-hybridized carbons (Fsp3) is 0.722. The fourth-order valence-electron chi connectivity index (χ4n) is 3.86. The number of methoxy groups -OCH3 is 1. The molecule has 138 valence electrons. The summed E-state index contributed by atoms with van der Waals surface area (Å²) in [6.45, 7) is 1.51. The number of nitrogens with two attached hydrogens (primary N) is 1. The number of nitrogen functional groups attached to an aromatic ring is 1. The summed E-state index contributed by atoms with van der Waals surface area (Å²) in [5.74, 6) is 1.38. The maximum absolute atomic E-state index is 11.7. The first-order valence-electron chi connectivity index (χ1n) is 9.39. The smallest absolute Gasteiger partial charge is 0.308 e. The number of hydrogen-bond donors (Lipinski definition) is 2. The molecule has 0 bridgehead atoms. The molecule has 0 unspecified atom stereocenters. The number of carbonyl (C=O) groups excluding carboxylic acids is 1. The number of anilines is 3. The van der Waals surface area contributed by atoms with Gasteiger partial charge in [-0.05, 0) is 25.7 Å². The number of ether oxygens (including phenoxy) is 1. The van der Waals surface area contributed by atoms with Gasteiger partial charge in [-0.2, -0.15) is 0 Å². The average Bonchev–Trinajstić information content (AvgIpc) is 2.92. The quantitative estimate of drug-likeness (QED) is 0.638. The lowest BCUT2D eigenvalue weighted by Gasteiger charge is -2.32. The predicted molar refractivity (Wildman–Crippen MR) is 98.5 cm³/mol. The maximum Gasteiger partial charge on any atom is 0.308 e. The van der Waals surface area contributed by atoms with Crippen LogP contribution in [0.25, 0.3) is 0 Å². The van der Waals surface area contributed by atoms with Gasteiger partial charge in [-0.25, -0.2) is 9.97 Å². The molecule has 1 aliphatic heterocycles. The van der Waals surface area contributed by atoms with Crippen molar-refractivity contribution in [3.8, 4) is 0 Å². The molecule has 0 spiro atoms. The van der Waals surface area contributed by atoms with Crippen molar-refractivity contribution in [3.63, 3.8) is 0 Å². The van der Waals surface area contributed by atoms with Crippen LogP contribution in [0, 0.1) is 5.92 Å². The minimum atomic E-state index is -0.119. The van der Waals surface area contributed by atoms with Crippen LogP contribution in [0.1, 0.15) is 51.4 Å². The van der Waals surface area contributed by atoms with E-state index in [0.717, 1.165) is 37.6 Å². The monoisotopic (exact) mass is 347 g/mol. The topological polar surface area (TPSA) is 93.4 Å². The summed E-state index contributed by atoms with van der Waals surface area (Å²) < 4.78 is 4.85. The molecule has 1 aromatic rings. The lowest BCUT2D eigenvalue weighted by atomic mass is 9.97. The fourth-order valence-corrected chi connectivity index (χ4v) is 3.86. The number of carbonyl (C=O) groups is 1. The summed E-state index contributed by atoms with van der Waals surface area (Å²) in [5.41, 5.74) is 6.98. The Bertz CT molecular complexity index is 579. The van der Waals surface area contributed by atoms with Crippen molar-refractivity contribution < 1.29 is 9.53 Å². The summed E-state index contributed by atoms with van der Waals surface area (Å²) in [7, 11) is 1.45. The molecule has 1 saturated carbocycles. The zero-order valence-corrected chi connectivity index (χ0v) is 15.0. The lowest BCUT2D eigenvalue weighted by molar-refractivity contribution is -0.146. The molecule has 7 heteroatoms. The Hall–Kier alpha value is -2.05. The first-order chi connectivity index (χ1) is 12.2. The Morgan fingerprint density at radius 3 is 2.48 bits per heavy atom. The van der Waals surface area contributed by atoms with Gasteiger partial charge in [0.25, 0.3) is 0 Å². The highest BCUT2D eigenvalue weighted by molar-refractivity contribution is 5.76. The molecule has 0 atom stereocenters. The Morgan fingerprint density at radius 1 is 1.16 bits per heavy atom. The van der Waals surface area contributed by atoms with Gasteiger partial charge in [-0.1, -0.05) is 25.7 Å². The van der Waals surface area contributed by atoms with Crippen molar-refractivity contribution >= 4 is 23.3 Å². The molecule has 0 aromatic carbocycles. The second-order valence-corrected chi connectivity index (χ2v) is 7.08. The van der Waals surface area contributed by atoms with E-state index in [1.165, 1.54) is 45.6 Å². The number of nitrogens with zero attached hydrogens (tertiary/aromatic N) is 3. The molecule has 1 aliphatic carbocycles. The SMILES string of the molecule is COC(=O)C1CCN(c2ncnc(NC3CCCCCC3)c2N)CC1. The van der Waals surface area contributed by atoms with Crippen LogP contribution in [0.2, 0.25) is 0 Å². The van der Waals surface area contributed by atoms with Gasteiger partial charge < -0.3 is 20.7 Å². The number of nitrogens with one attached hydrogen (secondary N) is 1. The molecule has 0 radical (unpaired) electrons. The van der Waals surface area contributed by atoms with E-state index in [1.54, 1.807) is 6.33 Å². The second-order valence-electron chi connectivity index (χ2n) is 7.08. The molecule has 2 fully saturated rings. The largest absolute Gasteiger partial charge is 0.469 e. The molecule has 25 heavy (non-hydrogen) atoms. The number of aromatic nitrogens is 2. The van der Waals surface area contributed by atoms with E-state index in [0.29, 0.717) is 11.7 Å². The Labute approximate surface area is 149 Å². The first kappa shape index (κ1) is 17.8. The molecule has 2 heterocycles. The molecular formula is C18H29N5O2. The number of rotatable bonds is 4. The van der Waals surface area contributed by atoms with Crippen molar-refractivity contribution in [2.45, 2.75) is 57.4 Å². The molecule has 0 amide bonds. The maximum atomic E-state index is 11.7. The van der Waals surface area contributed by atoms with E-state index in [2.05, 4.69) is 20.2 Å². The summed E-state index contributed by atoms with van der Waals surface area (Å²) in [6, 6.07) is 0.442. The highest BCUT2D eigenvalue weighted by atomic mass is 16.5. The minimum absolute atomic E-state index is 0.0205. The summed E-state index contributed by atoms with van der Waals surface area (Å²) in [4.78, 5) is 22.6. The normalized spacial score (nSPS) is 20.1. The van der Waals surface area contributed by atoms with Crippen LogP contribution < -0.4 is 16.0 Å². The molecule has 3 N–H and O–H groups in total.